The first kappa shape index (κ1) is 20.7. The lowest BCUT2D eigenvalue weighted by Gasteiger charge is -2.10. The van der Waals surface area contributed by atoms with Crippen LogP contribution < -0.4 is 0 Å². The maximum atomic E-state index is 12.9. The minimum Gasteiger partial charge on any atom is -0.468 e. The van der Waals surface area contributed by atoms with Crippen LogP contribution in [0.2, 0.25) is 0 Å². The highest BCUT2D eigenvalue weighted by atomic mass is 19.4. The number of benzene rings is 2. The van der Waals surface area contributed by atoms with Gasteiger partial charge in [0.25, 0.3) is 6.47 Å². The molecule has 2 aromatic carbocycles. The quantitative estimate of drug-likeness (QED) is 0.486. The molecule has 1 aliphatic carbocycles. The predicted octanol–water partition coefficient (Wildman–Crippen LogP) is 6.06. The number of hydrogen-bond donors (Lipinski definition) is 0. The third-order valence-electron chi connectivity index (χ3n) is 4.56. The minimum absolute atomic E-state index is 0.424. The van der Waals surface area contributed by atoms with Crippen molar-refractivity contribution in [3.8, 4) is 0 Å². The number of hydrogen-bond acceptors (Lipinski definition) is 2. The second kappa shape index (κ2) is 8.99. The fourth-order valence-corrected chi connectivity index (χ4v) is 3.07. The molecule has 1 aliphatic rings. The van der Waals surface area contributed by atoms with Gasteiger partial charge in [0.2, 0.25) is 0 Å². The number of para-hydroxylation sites is 1. The van der Waals surface area contributed by atoms with Gasteiger partial charge in [-0.1, -0.05) is 42.0 Å². The number of aromatic nitrogens is 1. The lowest BCUT2D eigenvalue weighted by molar-refractivity contribution is -0.137. The van der Waals surface area contributed by atoms with E-state index < -0.39 is 11.7 Å². The van der Waals surface area contributed by atoms with E-state index in [0.29, 0.717) is 25.2 Å². The SMILES string of the molecule is CCOC=O.FC(F)(F)c1cccc(Cn2cc(C=C3CC3)c3ccccc32)c1. The molecule has 0 amide bonds. The van der Waals surface area contributed by atoms with Gasteiger partial charge in [-0.15, -0.1) is 0 Å². The van der Waals surface area contributed by atoms with Gasteiger partial charge >= 0.3 is 6.18 Å². The van der Waals surface area contributed by atoms with E-state index >= 15 is 0 Å². The Morgan fingerprint density at radius 2 is 1.86 bits per heavy atom. The van der Waals surface area contributed by atoms with Crippen molar-refractivity contribution < 1.29 is 22.7 Å². The molecule has 3 nitrogen and oxygen atoms in total. The molecule has 0 atom stereocenters. The second-order valence-electron chi connectivity index (χ2n) is 6.78. The van der Waals surface area contributed by atoms with Crippen LogP contribution >= 0.6 is 0 Å². The van der Waals surface area contributed by atoms with Crippen molar-refractivity contribution in [1.29, 1.82) is 0 Å². The summed E-state index contributed by atoms with van der Waals surface area (Å²) in [7, 11) is 0. The van der Waals surface area contributed by atoms with Crippen LogP contribution in [0.15, 0.2) is 60.3 Å². The van der Waals surface area contributed by atoms with E-state index in [1.54, 1.807) is 13.0 Å². The van der Waals surface area contributed by atoms with Crippen molar-refractivity contribution in [3.63, 3.8) is 0 Å². The molecular formula is C23H22F3NO2. The third-order valence-corrected chi connectivity index (χ3v) is 4.56. The molecule has 0 saturated heterocycles. The Balaban J connectivity index is 0.000000431. The van der Waals surface area contributed by atoms with Crippen LogP contribution in [0.25, 0.3) is 17.0 Å². The summed E-state index contributed by atoms with van der Waals surface area (Å²) in [6, 6.07) is 13.6. The molecule has 4 rings (SSSR count). The fourth-order valence-electron chi connectivity index (χ4n) is 3.07. The van der Waals surface area contributed by atoms with Crippen LogP contribution in [0.4, 0.5) is 13.2 Å². The monoisotopic (exact) mass is 401 g/mol. The zero-order chi connectivity index (χ0) is 20.9. The van der Waals surface area contributed by atoms with E-state index in [2.05, 4.69) is 16.9 Å². The topological polar surface area (TPSA) is 31.2 Å². The Morgan fingerprint density at radius 1 is 1.10 bits per heavy atom. The van der Waals surface area contributed by atoms with Gasteiger partial charge in [-0.25, -0.2) is 0 Å². The molecule has 0 bridgehead atoms. The summed E-state index contributed by atoms with van der Waals surface area (Å²) in [5.74, 6) is 0. The summed E-state index contributed by atoms with van der Waals surface area (Å²) in [5, 5.41) is 1.14. The molecule has 0 N–H and O–H groups in total. The summed E-state index contributed by atoms with van der Waals surface area (Å²) in [6.45, 7) is 3.09. The Kier molecular flexibility index (Phi) is 6.42. The number of ether oxygens (including phenoxy) is 1. The molecule has 0 unspecified atom stereocenters. The first-order valence-electron chi connectivity index (χ1n) is 9.41. The van der Waals surface area contributed by atoms with Gasteiger partial charge in [0.1, 0.15) is 0 Å². The number of nitrogens with zero attached hydrogens (tertiary/aromatic N) is 1. The highest BCUT2D eigenvalue weighted by molar-refractivity contribution is 5.90. The lowest BCUT2D eigenvalue weighted by atomic mass is 10.1. The Morgan fingerprint density at radius 3 is 2.48 bits per heavy atom. The summed E-state index contributed by atoms with van der Waals surface area (Å²) in [6.07, 6.45) is 2.22. The molecule has 0 aliphatic heterocycles. The van der Waals surface area contributed by atoms with Crippen molar-refractivity contribution >= 4 is 23.5 Å². The predicted molar refractivity (Wildman–Crippen MR) is 107 cm³/mol. The van der Waals surface area contributed by atoms with Crippen LogP contribution in [0.3, 0.4) is 0 Å². The van der Waals surface area contributed by atoms with Crippen LogP contribution in [0.5, 0.6) is 0 Å². The zero-order valence-electron chi connectivity index (χ0n) is 16.1. The molecule has 6 heteroatoms. The zero-order valence-corrected chi connectivity index (χ0v) is 16.1. The summed E-state index contributed by atoms with van der Waals surface area (Å²) < 4.78 is 44.9. The average molecular weight is 401 g/mol. The fraction of sp³-hybridized carbons (Fsp3) is 0.261. The number of rotatable bonds is 5. The largest absolute Gasteiger partial charge is 0.468 e. The van der Waals surface area contributed by atoms with Crippen LogP contribution in [-0.2, 0) is 22.3 Å². The second-order valence-corrected chi connectivity index (χ2v) is 6.78. The van der Waals surface area contributed by atoms with E-state index in [9.17, 15) is 18.0 Å². The van der Waals surface area contributed by atoms with Crippen LogP contribution in [0.1, 0.15) is 36.5 Å². The summed E-state index contributed by atoms with van der Waals surface area (Å²) in [4.78, 5) is 9.18. The van der Waals surface area contributed by atoms with Gasteiger partial charge < -0.3 is 9.30 Å². The average Bonchev–Trinajstić information content (AvgIpc) is 3.45. The van der Waals surface area contributed by atoms with Gasteiger partial charge in [-0.3, -0.25) is 4.79 Å². The molecule has 1 fully saturated rings. The highest BCUT2D eigenvalue weighted by Gasteiger charge is 2.30. The molecule has 1 heterocycles. The maximum Gasteiger partial charge on any atom is 0.416 e. The van der Waals surface area contributed by atoms with E-state index in [1.165, 1.54) is 17.7 Å². The van der Waals surface area contributed by atoms with Crippen molar-refractivity contribution in [2.24, 2.45) is 0 Å². The first-order valence-corrected chi connectivity index (χ1v) is 9.41. The Bertz CT molecular complexity index is 1010. The van der Waals surface area contributed by atoms with E-state index in [-0.39, 0.29) is 0 Å². The number of carbonyl (C=O) groups is 1. The Labute approximate surface area is 167 Å². The van der Waals surface area contributed by atoms with Gasteiger partial charge in [-0.05, 0) is 49.1 Å². The smallest absolute Gasteiger partial charge is 0.416 e. The van der Waals surface area contributed by atoms with E-state index in [1.807, 2.05) is 29.0 Å². The molecule has 1 aromatic heterocycles. The van der Waals surface area contributed by atoms with Crippen molar-refractivity contribution in [2.45, 2.75) is 32.5 Å². The van der Waals surface area contributed by atoms with Gasteiger partial charge in [-0.2, -0.15) is 13.2 Å². The molecule has 0 spiro atoms. The third kappa shape index (κ3) is 5.50. The molecule has 3 aromatic rings. The summed E-state index contributed by atoms with van der Waals surface area (Å²) >= 11 is 0. The lowest BCUT2D eigenvalue weighted by Crippen LogP contribution is -2.06. The van der Waals surface area contributed by atoms with Crippen LogP contribution in [-0.4, -0.2) is 17.6 Å². The summed E-state index contributed by atoms with van der Waals surface area (Å²) in [5.41, 5.74) is 3.66. The number of allylic oxidation sites excluding steroid dienone is 1. The normalized spacial score (nSPS) is 12.9. The number of halogens is 3. The number of fused-ring (bicyclic) bond motifs is 1. The first-order chi connectivity index (χ1) is 13.9. The van der Waals surface area contributed by atoms with Crippen LogP contribution in [0, 0.1) is 0 Å². The molecule has 29 heavy (non-hydrogen) atoms. The minimum atomic E-state index is -4.31. The van der Waals surface area contributed by atoms with Gasteiger partial charge in [0.05, 0.1) is 12.2 Å². The molecule has 152 valence electrons. The highest BCUT2D eigenvalue weighted by Crippen LogP contribution is 2.33. The number of alkyl halides is 3. The van der Waals surface area contributed by atoms with Gasteiger partial charge in [0.15, 0.2) is 0 Å². The van der Waals surface area contributed by atoms with Crippen molar-refractivity contribution in [3.05, 3.63) is 77.0 Å². The van der Waals surface area contributed by atoms with E-state index in [0.717, 1.165) is 35.4 Å². The molecular weight excluding hydrogens is 379 g/mol. The standard InChI is InChI=1S/C20H16F3N.C3H6O2/c21-20(22,23)17-5-3-4-15(11-17)12-24-13-16(10-14-8-9-14)18-6-1-2-7-19(18)24;1-2-5-3-4/h1-7,10-11,13H,8-9,12H2;3H,2H2,1H3. The van der Waals surface area contributed by atoms with Gasteiger partial charge in [0, 0.05) is 23.6 Å². The molecule has 1 saturated carbocycles. The maximum absolute atomic E-state index is 12.9. The number of carbonyl (C=O) groups excluding carboxylic acids is 1. The Hall–Kier alpha value is -3.02. The van der Waals surface area contributed by atoms with Crippen molar-refractivity contribution in [1.82, 2.24) is 4.57 Å². The molecule has 0 radical (unpaired) electrons. The van der Waals surface area contributed by atoms with E-state index in [4.69, 9.17) is 0 Å². The van der Waals surface area contributed by atoms with Crippen molar-refractivity contribution in [2.75, 3.05) is 6.61 Å².